The summed E-state index contributed by atoms with van der Waals surface area (Å²) in [5.41, 5.74) is 1.46. The molecule has 1 aromatic heterocycles. The van der Waals surface area contributed by atoms with E-state index in [1.165, 1.54) is 0 Å². The third-order valence-corrected chi connectivity index (χ3v) is 3.93. The van der Waals surface area contributed by atoms with Crippen LogP contribution in [0.3, 0.4) is 0 Å². The number of nitrogens with one attached hydrogen (secondary N) is 1. The van der Waals surface area contributed by atoms with Gasteiger partial charge in [-0.05, 0) is 12.5 Å². The van der Waals surface area contributed by atoms with Crippen molar-refractivity contribution in [3.63, 3.8) is 0 Å². The number of hydrogen-bond acceptors (Lipinski definition) is 3. The van der Waals surface area contributed by atoms with E-state index in [9.17, 15) is 9.00 Å². The van der Waals surface area contributed by atoms with Crippen LogP contribution in [0.1, 0.15) is 28.9 Å². The Morgan fingerprint density at radius 1 is 1.38 bits per heavy atom. The highest BCUT2D eigenvalue weighted by Gasteiger charge is 2.18. The molecule has 0 radical (unpaired) electrons. The van der Waals surface area contributed by atoms with Crippen LogP contribution in [0.5, 0.6) is 0 Å². The Hall–Kier alpha value is -1.95. The molecule has 1 heterocycles. The molecular weight excluding hydrogens is 286 g/mol. The molecule has 0 aliphatic heterocycles. The van der Waals surface area contributed by atoms with Gasteiger partial charge in [0, 0.05) is 35.5 Å². The van der Waals surface area contributed by atoms with Crippen LogP contribution in [0.2, 0.25) is 0 Å². The smallest absolute Gasteiger partial charge is 0.254 e. The first-order valence-corrected chi connectivity index (χ1v) is 8.51. The topological polar surface area (TPSA) is 64.0 Å². The zero-order chi connectivity index (χ0) is 15.2. The molecule has 2 rings (SSSR count). The molecule has 2 aromatic rings. The van der Waals surface area contributed by atoms with Crippen LogP contribution < -0.4 is 5.32 Å². The van der Waals surface area contributed by atoms with Crippen LogP contribution in [0, 0.1) is 0 Å². The van der Waals surface area contributed by atoms with E-state index >= 15 is 0 Å². The van der Waals surface area contributed by atoms with Crippen LogP contribution in [0.15, 0.2) is 42.7 Å². The SMILES string of the molecule is CCn1cc(C(=O)N[C@@H](C[S@](C)=O)c2ccccc2)cn1. The molecule has 0 spiro atoms. The maximum atomic E-state index is 12.3. The van der Waals surface area contributed by atoms with Crippen LogP contribution in [-0.4, -0.2) is 31.9 Å². The van der Waals surface area contributed by atoms with Gasteiger partial charge < -0.3 is 5.32 Å². The van der Waals surface area contributed by atoms with E-state index in [4.69, 9.17) is 0 Å². The molecule has 0 saturated heterocycles. The van der Waals surface area contributed by atoms with Crippen molar-refractivity contribution >= 4 is 16.7 Å². The Balaban J connectivity index is 2.14. The van der Waals surface area contributed by atoms with Crippen LogP contribution in [-0.2, 0) is 17.3 Å². The van der Waals surface area contributed by atoms with Gasteiger partial charge in [-0.25, -0.2) is 0 Å². The van der Waals surface area contributed by atoms with Gasteiger partial charge in [-0.2, -0.15) is 5.10 Å². The Morgan fingerprint density at radius 3 is 2.67 bits per heavy atom. The van der Waals surface area contributed by atoms with Crippen molar-refractivity contribution in [1.82, 2.24) is 15.1 Å². The van der Waals surface area contributed by atoms with E-state index in [0.29, 0.717) is 17.9 Å². The standard InChI is InChI=1S/C15H19N3O2S/c1-3-18-10-13(9-16-18)15(19)17-14(11-21(2)20)12-7-5-4-6-8-12/h4-10,14H,3,11H2,1-2H3,(H,17,19)/t14-,21-/m0/s1. The van der Waals surface area contributed by atoms with Crippen molar-refractivity contribution in [2.75, 3.05) is 12.0 Å². The summed E-state index contributed by atoms with van der Waals surface area (Å²) in [5.74, 6) is 0.187. The van der Waals surface area contributed by atoms with Crippen molar-refractivity contribution in [1.29, 1.82) is 0 Å². The molecule has 1 amide bonds. The molecule has 21 heavy (non-hydrogen) atoms. The number of carbonyl (C=O) groups is 1. The van der Waals surface area contributed by atoms with Crippen LogP contribution >= 0.6 is 0 Å². The van der Waals surface area contributed by atoms with Gasteiger partial charge in [-0.3, -0.25) is 13.7 Å². The van der Waals surface area contributed by atoms with Gasteiger partial charge in [0.15, 0.2) is 0 Å². The van der Waals surface area contributed by atoms with E-state index in [2.05, 4.69) is 10.4 Å². The van der Waals surface area contributed by atoms with Gasteiger partial charge in [0.25, 0.3) is 5.91 Å². The minimum absolute atomic E-state index is 0.200. The number of benzene rings is 1. The van der Waals surface area contributed by atoms with Gasteiger partial charge in [0.05, 0.1) is 17.8 Å². The van der Waals surface area contributed by atoms with E-state index in [1.807, 2.05) is 37.3 Å². The lowest BCUT2D eigenvalue weighted by molar-refractivity contribution is 0.0940. The lowest BCUT2D eigenvalue weighted by Crippen LogP contribution is -2.31. The molecule has 2 atom stereocenters. The largest absolute Gasteiger partial charge is 0.344 e. The third kappa shape index (κ3) is 4.26. The summed E-state index contributed by atoms with van der Waals surface area (Å²) in [4.78, 5) is 12.3. The van der Waals surface area contributed by atoms with Gasteiger partial charge in [-0.1, -0.05) is 30.3 Å². The van der Waals surface area contributed by atoms with Crippen molar-refractivity contribution in [3.8, 4) is 0 Å². The number of aryl methyl sites for hydroxylation is 1. The molecule has 0 aliphatic carbocycles. The average Bonchev–Trinajstić information content (AvgIpc) is 2.96. The molecular formula is C15H19N3O2S. The fraction of sp³-hybridized carbons (Fsp3) is 0.333. The quantitative estimate of drug-likeness (QED) is 0.884. The first kappa shape index (κ1) is 15.4. The van der Waals surface area contributed by atoms with Crippen LogP contribution in [0.4, 0.5) is 0 Å². The lowest BCUT2D eigenvalue weighted by Gasteiger charge is -2.17. The second-order valence-corrected chi connectivity index (χ2v) is 6.24. The molecule has 5 nitrogen and oxygen atoms in total. The van der Waals surface area contributed by atoms with Crippen molar-refractivity contribution in [2.45, 2.75) is 19.5 Å². The van der Waals surface area contributed by atoms with Gasteiger partial charge in [0.2, 0.25) is 0 Å². The third-order valence-electron chi connectivity index (χ3n) is 3.13. The highest BCUT2D eigenvalue weighted by molar-refractivity contribution is 7.84. The van der Waals surface area contributed by atoms with E-state index in [0.717, 1.165) is 5.56 Å². The molecule has 0 aliphatic rings. The van der Waals surface area contributed by atoms with Gasteiger partial charge >= 0.3 is 0 Å². The number of amides is 1. The fourth-order valence-electron chi connectivity index (χ4n) is 2.04. The molecule has 0 bridgehead atoms. The summed E-state index contributed by atoms with van der Waals surface area (Å²) in [6.45, 7) is 2.68. The molecule has 1 aromatic carbocycles. The molecule has 1 N–H and O–H groups in total. The highest BCUT2D eigenvalue weighted by Crippen LogP contribution is 2.14. The van der Waals surface area contributed by atoms with Crippen LogP contribution in [0.25, 0.3) is 0 Å². The summed E-state index contributed by atoms with van der Waals surface area (Å²) in [5, 5.41) is 7.03. The Bertz CT molecular complexity index is 625. The normalized spacial score (nSPS) is 13.6. The van der Waals surface area contributed by atoms with Gasteiger partial charge in [0.1, 0.15) is 0 Å². The van der Waals surface area contributed by atoms with E-state index in [1.54, 1.807) is 23.3 Å². The monoisotopic (exact) mass is 305 g/mol. The average molecular weight is 305 g/mol. The fourth-order valence-corrected chi connectivity index (χ4v) is 2.78. The number of hydrogen-bond donors (Lipinski definition) is 1. The molecule has 0 saturated carbocycles. The summed E-state index contributed by atoms with van der Waals surface area (Å²) in [6, 6.07) is 9.30. The molecule has 112 valence electrons. The number of carbonyl (C=O) groups excluding carboxylic acids is 1. The zero-order valence-corrected chi connectivity index (χ0v) is 13.0. The Morgan fingerprint density at radius 2 is 2.10 bits per heavy atom. The highest BCUT2D eigenvalue weighted by atomic mass is 32.2. The summed E-state index contributed by atoms with van der Waals surface area (Å²) < 4.78 is 13.2. The summed E-state index contributed by atoms with van der Waals surface area (Å²) in [6.07, 6.45) is 4.89. The zero-order valence-electron chi connectivity index (χ0n) is 12.2. The molecule has 0 unspecified atom stereocenters. The molecule has 6 heteroatoms. The summed E-state index contributed by atoms with van der Waals surface area (Å²) >= 11 is 0. The number of aromatic nitrogens is 2. The number of nitrogens with zero attached hydrogens (tertiary/aromatic N) is 2. The Labute approximate surface area is 126 Å². The maximum Gasteiger partial charge on any atom is 0.254 e. The lowest BCUT2D eigenvalue weighted by atomic mass is 10.1. The first-order valence-electron chi connectivity index (χ1n) is 6.78. The molecule has 0 fully saturated rings. The number of rotatable bonds is 6. The van der Waals surface area contributed by atoms with E-state index < -0.39 is 10.8 Å². The second kappa shape index (κ2) is 7.17. The Kier molecular flexibility index (Phi) is 5.27. The van der Waals surface area contributed by atoms with Gasteiger partial charge in [-0.15, -0.1) is 0 Å². The minimum Gasteiger partial charge on any atom is -0.344 e. The second-order valence-electron chi connectivity index (χ2n) is 4.76. The maximum absolute atomic E-state index is 12.3. The van der Waals surface area contributed by atoms with E-state index in [-0.39, 0.29) is 11.9 Å². The minimum atomic E-state index is -1.00. The van der Waals surface area contributed by atoms with Crippen molar-refractivity contribution in [2.24, 2.45) is 0 Å². The predicted octanol–water partition coefficient (Wildman–Crippen LogP) is 1.75. The van der Waals surface area contributed by atoms with Crippen molar-refractivity contribution < 1.29 is 9.00 Å². The predicted molar refractivity (Wildman–Crippen MR) is 83.5 cm³/mol. The first-order chi connectivity index (χ1) is 10.1. The summed E-state index contributed by atoms with van der Waals surface area (Å²) in [7, 11) is -1.00. The van der Waals surface area contributed by atoms with Crippen molar-refractivity contribution in [3.05, 3.63) is 53.9 Å².